The number of methoxy groups -OCH3 is 1. The smallest absolute Gasteiger partial charge is 0.254 e. The Morgan fingerprint density at radius 1 is 0.949 bits per heavy atom. The first-order valence-electron chi connectivity index (χ1n) is 13.2. The number of aromatic nitrogens is 1. The van der Waals surface area contributed by atoms with E-state index in [0.717, 1.165) is 51.5 Å². The van der Waals surface area contributed by atoms with Crippen molar-refractivity contribution in [1.82, 2.24) is 9.88 Å². The molecule has 5 rings (SSSR count). The average Bonchev–Trinajstić information content (AvgIpc) is 2.97. The molecule has 0 saturated heterocycles. The number of amides is 1. The number of pyridine rings is 1. The van der Waals surface area contributed by atoms with Gasteiger partial charge in [0.15, 0.2) is 0 Å². The van der Waals surface area contributed by atoms with Gasteiger partial charge in [-0.25, -0.2) is 4.39 Å². The van der Waals surface area contributed by atoms with Crippen molar-refractivity contribution in [3.63, 3.8) is 0 Å². The van der Waals surface area contributed by atoms with E-state index in [1.165, 1.54) is 12.1 Å². The topological polar surface area (TPSA) is 54.5 Å². The summed E-state index contributed by atoms with van der Waals surface area (Å²) < 4.78 is 19.0. The van der Waals surface area contributed by atoms with Gasteiger partial charge in [-0.15, -0.1) is 0 Å². The van der Waals surface area contributed by atoms with Gasteiger partial charge in [-0.05, 0) is 72.5 Å². The number of nitrogens with zero attached hydrogens (tertiary/aromatic N) is 2. The second kappa shape index (κ2) is 11.9. The van der Waals surface area contributed by atoms with Crippen molar-refractivity contribution in [2.75, 3.05) is 19.0 Å². The molecule has 5 nitrogen and oxygen atoms in total. The maximum Gasteiger partial charge on any atom is 0.254 e. The predicted octanol–water partition coefficient (Wildman–Crippen LogP) is 7.46. The SMILES string of the molecule is COc1cc(NC(C)CCCN(Cc2ccc(F)cc2)C(=O)c2ccc3ccccc3c2)c2ncccc2c1. The van der Waals surface area contributed by atoms with Gasteiger partial charge in [0, 0.05) is 42.3 Å². The van der Waals surface area contributed by atoms with Crippen LogP contribution >= 0.6 is 0 Å². The number of ether oxygens (including phenoxy) is 1. The molecule has 0 aliphatic carbocycles. The van der Waals surface area contributed by atoms with E-state index in [1.54, 1.807) is 25.4 Å². The molecule has 198 valence electrons. The van der Waals surface area contributed by atoms with E-state index in [0.29, 0.717) is 18.7 Å². The summed E-state index contributed by atoms with van der Waals surface area (Å²) in [5, 5.41) is 6.72. The van der Waals surface area contributed by atoms with E-state index >= 15 is 0 Å². The molecule has 0 spiro atoms. The van der Waals surface area contributed by atoms with Crippen LogP contribution < -0.4 is 10.1 Å². The lowest BCUT2D eigenvalue weighted by atomic mass is 10.1. The molecule has 0 saturated carbocycles. The van der Waals surface area contributed by atoms with E-state index in [4.69, 9.17) is 4.74 Å². The van der Waals surface area contributed by atoms with Crippen molar-refractivity contribution in [2.24, 2.45) is 0 Å². The molecule has 1 unspecified atom stereocenters. The minimum Gasteiger partial charge on any atom is -0.497 e. The summed E-state index contributed by atoms with van der Waals surface area (Å²) in [4.78, 5) is 20.1. The third kappa shape index (κ3) is 6.34. The highest BCUT2D eigenvalue weighted by molar-refractivity contribution is 5.98. The van der Waals surface area contributed by atoms with Crippen LogP contribution in [0.4, 0.5) is 10.1 Å². The van der Waals surface area contributed by atoms with Crippen molar-refractivity contribution in [3.05, 3.63) is 114 Å². The number of hydrogen-bond donors (Lipinski definition) is 1. The van der Waals surface area contributed by atoms with Crippen LogP contribution in [0.5, 0.6) is 5.75 Å². The molecule has 5 aromatic rings. The second-order valence-corrected chi connectivity index (χ2v) is 9.85. The van der Waals surface area contributed by atoms with E-state index in [1.807, 2.05) is 71.6 Å². The van der Waals surface area contributed by atoms with Gasteiger partial charge in [0.2, 0.25) is 0 Å². The van der Waals surface area contributed by atoms with Crippen LogP contribution in [0, 0.1) is 5.82 Å². The number of carbonyl (C=O) groups is 1. The van der Waals surface area contributed by atoms with Gasteiger partial charge < -0.3 is 15.0 Å². The zero-order valence-corrected chi connectivity index (χ0v) is 22.2. The quantitative estimate of drug-likeness (QED) is 0.207. The summed E-state index contributed by atoms with van der Waals surface area (Å²) in [6.07, 6.45) is 3.43. The highest BCUT2D eigenvalue weighted by Crippen LogP contribution is 2.28. The molecule has 0 aliphatic rings. The number of anilines is 1. The molecular weight excluding hydrogens is 489 g/mol. The summed E-state index contributed by atoms with van der Waals surface area (Å²) >= 11 is 0. The van der Waals surface area contributed by atoms with Crippen molar-refractivity contribution in [2.45, 2.75) is 32.4 Å². The molecule has 0 fully saturated rings. The Morgan fingerprint density at radius 3 is 2.51 bits per heavy atom. The fourth-order valence-corrected chi connectivity index (χ4v) is 4.89. The van der Waals surface area contributed by atoms with Crippen LogP contribution in [-0.2, 0) is 6.54 Å². The van der Waals surface area contributed by atoms with Gasteiger partial charge in [0.05, 0.1) is 18.3 Å². The maximum absolute atomic E-state index is 13.7. The Bertz CT molecular complexity index is 1590. The number of carbonyl (C=O) groups excluding carboxylic acids is 1. The molecule has 4 aromatic carbocycles. The van der Waals surface area contributed by atoms with E-state index in [2.05, 4.69) is 17.2 Å². The third-order valence-corrected chi connectivity index (χ3v) is 6.95. The molecule has 1 amide bonds. The molecule has 0 bridgehead atoms. The lowest BCUT2D eigenvalue weighted by Crippen LogP contribution is -2.32. The van der Waals surface area contributed by atoms with Gasteiger partial charge in [0.25, 0.3) is 5.91 Å². The van der Waals surface area contributed by atoms with Crippen molar-refractivity contribution in [3.8, 4) is 5.75 Å². The Kier molecular flexibility index (Phi) is 8.02. The highest BCUT2D eigenvalue weighted by Gasteiger charge is 2.18. The van der Waals surface area contributed by atoms with Crippen LogP contribution in [0.2, 0.25) is 0 Å². The fraction of sp³-hybridized carbons (Fsp3) is 0.212. The van der Waals surface area contributed by atoms with Gasteiger partial charge >= 0.3 is 0 Å². The van der Waals surface area contributed by atoms with Gasteiger partial charge in [-0.1, -0.05) is 48.5 Å². The van der Waals surface area contributed by atoms with Gasteiger partial charge in [-0.3, -0.25) is 9.78 Å². The molecule has 1 heterocycles. The number of nitrogens with one attached hydrogen (secondary N) is 1. The van der Waals surface area contributed by atoms with E-state index in [9.17, 15) is 9.18 Å². The summed E-state index contributed by atoms with van der Waals surface area (Å²) in [5.74, 6) is 0.455. The molecule has 0 radical (unpaired) electrons. The van der Waals surface area contributed by atoms with Crippen molar-refractivity contribution < 1.29 is 13.9 Å². The first-order chi connectivity index (χ1) is 19.0. The zero-order valence-electron chi connectivity index (χ0n) is 22.2. The van der Waals surface area contributed by atoms with E-state index < -0.39 is 0 Å². The molecule has 1 aromatic heterocycles. The number of hydrogen-bond acceptors (Lipinski definition) is 4. The summed E-state index contributed by atoms with van der Waals surface area (Å²) in [6, 6.07) is 28.2. The minimum absolute atomic E-state index is 0.0336. The lowest BCUT2D eigenvalue weighted by molar-refractivity contribution is 0.0739. The number of fused-ring (bicyclic) bond motifs is 2. The monoisotopic (exact) mass is 521 g/mol. The summed E-state index contributed by atoms with van der Waals surface area (Å²) in [7, 11) is 1.66. The summed E-state index contributed by atoms with van der Waals surface area (Å²) in [5.41, 5.74) is 3.36. The Morgan fingerprint density at radius 2 is 1.72 bits per heavy atom. The minimum atomic E-state index is -0.286. The number of rotatable bonds is 10. The highest BCUT2D eigenvalue weighted by atomic mass is 19.1. The van der Waals surface area contributed by atoms with Crippen LogP contribution in [0.3, 0.4) is 0 Å². The molecule has 39 heavy (non-hydrogen) atoms. The number of halogens is 1. The molecule has 1 N–H and O–H groups in total. The predicted molar refractivity (Wildman–Crippen MR) is 156 cm³/mol. The van der Waals surface area contributed by atoms with Crippen molar-refractivity contribution in [1.29, 1.82) is 0 Å². The normalized spacial score (nSPS) is 11.9. The first-order valence-corrected chi connectivity index (χ1v) is 13.2. The van der Waals surface area contributed by atoms with Gasteiger partial charge in [-0.2, -0.15) is 0 Å². The van der Waals surface area contributed by atoms with Crippen LogP contribution in [0.1, 0.15) is 35.7 Å². The van der Waals surface area contributed by atoms with Gasteiger partial charge in [0.1, 0.15) is 11.6 Å². The summed E-state index contributed by atoms with van der Waals surface area (Å²) in [6.45, 7) is 3.12. The Balaban J connectivity index is 1.30. The first kappa shape index (κ1) is 26.2. The Labute approximate surface area is 228 Å². The number of benzene rings is 4. The molecule has 0 aliphatic heterocycles. The molecular formula is C33H32FN3O2. The van der Waals surface area contributed by atoms with Crippen LogP contribution in [0.25, 0.3) is 21.7 Å². The fourth-order valence-electron chi connectivity index (χ4n) is 4.89. The molecule has 1 atom stereocenters. The van der Waals surface area contributed by atoms with Crippen molar-refractivity contribution >= 4 is 33.3 Å². The lowest BCUT2D eigenvalue weighted by Gasteiger charge is -2.24. The average molecular weight is 522 g/mol. The third-order valence-electron chi connectivity index (χ3n) is 6.95. The largest absolute Gasteiger partial charge is 0.497 e. The maximum atomic E-state index is 13.7. The van der Waals surface area contributed by atoms with Crippen LogP contribution in [0.15, 0.2) is 97.2 Å². The second-order valence-electron chi connectivity index (χ2n) is 9.85. The van der Waals surface area contributed by atoms with E-state index in [-0.39, 0.29) is 17.8 Å². The Hall–Kier alpha value is -4.45. The zero-order chi connectivity index (χ0) is 27.2. The standard InChI is InChI=1S/C33H32FN3O2/c1-23(36-31-21-30(39-2)20-27-10-5-17-35-32(27)31)7-6-18-37(22-24-11-15-29(34)16-12-24)33(38)28-14-13-25-8-3-4-9-26(25)19-28/h3-5,8-17,19-21,23,36H,6-7,18,22H2,1-2H3. The van der Waals surface area contributed by atoms with Crippen LogP contribution in [-0.4, -0.2) is 35.5 Å². The molecule has 6 heteroatoms.